The van der Waals surface area contributed by atoms with Crippen LogP contribution < -0.4 is 11.1 Å². The molecule has 0 unspecified atom stereocenters. The van der Waals surface area contributed by atoms with Gasteiger partial charge in [0, 0.05) is 12.2 Å². The Kier molecular flexibility index (Phi) is 7.69. The number of anilines is 1. The van der Waals surface area contributed by atoms with Gasteiger partial charge in [-0.2, -0.15) is 0 Å². The number of nitrogens with two attached hydrogens (primary N) is 1. The van der Waals surface area contributed by atoms with Crippen LogP contribution in [0.1, 0.15) is 49.2 Å². The largest absolute Gasteiger partial charge is 0.492 e. The molecule has 0 bridgehead atoms. The molecule has 3 rings (SSSR count). The maximum atomic E-state index is 12.4. The summed E-state index contributed by atoms with van der Waals surface area (Å²) in [4.78, 5) is 24.4. The summed E-state index contributed by atoms with van der Waals surface area (Å²) in [6.07, 6.45) is 1.17. The van der Waals surface area contributed by atoms with Crippen molar-refractivity contribution in [1.82, 2.24) is 5.32 Å². The van der Waals surface area contributed by atoms with Gasteiger partial charge in [-0.3, -0.25) is 0 Å². The zero-order valence-electron chi connectivity index (χ0n) is 20.2. The highest BCUT2D eigenvalue weighted by Crippen LogP contribution is 2.39. The molecule has 0 aromatic heterocycles. The van der Waals surface area contributed by atoms with Crippen molar-refractivity contribution in [2.24, 2.45) is 0 Å². The summed E-state index contributed by atoms with van der Waals surface area (Å²) in [6, 6.07) is 14.2. The van der Waals surface area contributed by atoms with Gasteiger partial charge in [0.2, 0.25) is 0 Å². The fourth-order valence-electron chi connectivity index (χ4n) is 3.29. The Balaban J connectivity index is 1.82. The van der Waals surface area contributed by atoms with Gasteiger partial charge in [0.05, 0.1) is 23.9 Å². The second-order valence-electron chi connectivity index (χ2n) is 9.06. The molecule has 1 amide bonds. The number of nitrogen functional groups attached to an aromatic ring is 1. The minimum absolute atomic E-state index is 0.0896. The normalized spacial score (nSPS) is 16.7. The minimum atomic E-state index is -0.736. The van der Waals surface area contributed by atoms with Crippen LogP contribution in [0.4, 0.5) is 10.5 Å². The van der Waals surface area contributed by atoms with Crippen molar-refractivity contribution in [2.75, 3.05) is 19.4 Å². The molecule has 0 atom stereocenters. The van der Waals surface area contributed by atoms with Gasteiger partial charge in [0.15, 0.2) is 0 Å². The lowest BCUT2D eigenvalue weighted by atomic mass is 9.76. The molecule has 1 fully saturated rings. The summed E-state index contributed by atoms with van der Waals surface area (Å²) in [5.74, 6) is -0.477. The van der Waals surface area contributed by atoms with E-state index in [1.807, 2.05) is 58.0 Å². The number of esters is 1. The van der Waals surface area contributed by atoms with Gasteiger partial charge in [-0.25, -0.2) is 9.59 Å². The summed E-state index contributed by atoms with van der Waals surface area (Å²) in [5.41, 5.74) is 7.88. The van der Waals surface area contributed by atoms with Crippen molar-refractivity contribution in [2.45, 2.75) is 45.5 Å². The molecule has 2 aromatic rings. The van der Waals surface area contributed by atoms with E-state index in [1.54, 1.807) is 24.3 Å². The molecule has 180 valence electrons. The van der Waals surface area contributed by atoms with Crippen LogP contribution in [-0.2, 0) is 25.4 Å². The van der Waals surface area contributed by atoms with Crippen LogP contribution in [0.3, 0.4) is 0 Å². The van der Waals surface area contributed by atoms with Gasteiger partial charge in [0.25, 0.3) is 0 Å². The minimum Gasteiger partial charge on any atom is -0.465 e. The van der Waals surface area contributed by atoms with Crippen molar-refractivity contribution < 1.29 is 28.4 Å². The lowest BCUT2D eigenvalue weighted by molar-refractivity contribution is 0.00578. The Labute approximate surface area is 200 Å². The van der Waals surface area contributed by atoms with Crippen molar-refractivity contribution in [3.05, 3.63) is 70.7 Å². The average molecular weight is 466 g/mol. The number of ether oxygens (including phenoxy) is 2. The number of nitrogens with one attached hydrogen (secondary N) is 1. The zero-order chi connectivity index (χ0) is 24.9. The molecule has 8 nitrogen and oxygen atoms in total. The third-order valence-electron chi connectivity index (χ3n) is 6.05. The number of alkyl carbamates (subject to hydrolysis) is 1. The molecule has 1 aliphatic heterocycles. The van der Waals surface area contributed by atoms with E-state index in [4.69, 9.17) is 24.5 Å². The van der Waals surface area contributed by atoms with E-state index in [0.717, 1.165) is 5.56 Å². The van der Waals surface area contributed by atoms with Crippen LogP contribution in [0.15, 0.2) is 54.0 Å². The third-order valence-corrected chi connectivity index (χ3v) is 6.05. The van der Waals surface area contributed by atoms with E-state index in [2.05, 4.69) is 5.32 Å². The standard InChI is InChI=1S/C25H31BN2O6/c1-24(2)25(3,4)34-26(33-24)20(14-19-13-18(22(29)31-5)11-12-21(19)27)15-28-23(30)32-16-17-9-7-6-8-10-17/h6-14H,15-16,27H2,1-5H3,(H,28,30). The molecule has 2 aromatic carbocycles. The van der Waals surface area contributed by atoms with Gasteiger partial charge >= 0.3 is 19.2 Å². The van der Waals surface area contributed by atoms with Crippen molar-refractivity contribution in [3.8, 4) is 0 Å². The number of amides is 1. The Morgan fingerprint density at radius 3 is 2.32 bits per heavy atom. The number of hydrogen-bond acceptors (Lipinski definition) is 7. The van der Waals surface area contributed by atoms with E-state index < -0.39 is 30.4 Å². The Bertz CT molecular complexity index is 1050. The Hall–Kier alpha value is -3.30. The number of hydrogen-bond donors (Lipinski definition) is 2. The molecule has 0 radical (unpaired) electrons. The van der Waals surface area contributed by atoms with Crippen LogP contribution in [0.25, 0.3) is 6.08 Å². The van der Waals surface area contributed by atoms with Crippen LogP contribution in [0, 0.1) is 0 Å². The maximum absolute atomic E-state index is 12.4. The smallest absolute Gasteiger partial charge is 0.465 e. The summed E-state index contributed by atoms with van der Waals surface area (Å²) in [5, 5.41) is 2.75. The second-order valence-corrected chi connectivity index (χ2v) is 9.06. The number of benzene rings is 2. The van der Waals surface area contributed by atoms with Crippen LogP contribution in [-0.4, -0.2) is 44.0 Å². The van der Waals surface area contributed by atoms with Gasteiger partial charge in [-0.05, 0) is 62.5 Å². The zero-order valence-corrected chi connectivity index (χ0v) is 20.2. The van der Waals surface area contributed by atoms with Gasteiger partial charge in [-0.1, -0.05) is 36.4 Å². The summed E-state index contributed by atoms with van der Waals surface area (Å²) >= 11 is 0. The Morgan fingerprint density at radius 1 is 1.06 bits per heavy atom. The summed E-state index contributed by atoms with van der Waals surface area (Å²) in [6.45, 7) is 8.01. The number of rotatable bonds is 7. The molecule has 3 N–H and O–H groups in total. The molecule has 0 spiro atoms. The third kappa shape index (κ3) is 5.98. The lowest BCUT2D eigenvalue weighted by Crippen LogP contribution is -2.41. The average Bonchev–Trinajstić information content (AvgIpc) is 3.03. The Morgan fingerprint density at radius 2 is 1.71 bits per heavy atom. The first kappa shape index (κ1) is 25.3. The first-order valence-electron chi connectivity index (χ1n) is 11.0. The van der Waals surface area contributed by atoms with E-state index in [-0.39, 0.29) is 13.2 Å². The molecule has 1 aliphatic rings. The predicted molar refractivity (Wildman–Crippen MR) is 131 cm³/mol. The van der Waals surface area contributed by atoms with Crippen molar-refractivity contribution >= 4 is 30.9 Å². The van der Waals surface area contributed by atoms with Gasteiger partial charge in [-0.15, -0.1) is 0 Å². The quantitative estimate of drug-likeness (QED) is 0.361. The molecule has 34 heavy (non-hydrogen) atoms. The first-order valence-corrected chi connectivity index (χ1v) is 11.0. The van der Waals surface area contributed by atoms with Crippen LogP contribution >= 0.6 is 0 Å². The topological polar surface area (TPSA) is 109 Å². The lowest BCUT2D eigenvalue weighted by Gasteiger charge is -2.32. The number of methoxy groups -OCH3 is 1. The molecule has 0 aliphatic carbocycles. The fraction of sp³-hybridized carbons (Fsp3) is 0.360. The van der Waals surface area contributed by atoms with E-state index in [1.165, 1.54) is 7.11 Å². The number of carbonyl (C=O) groups is 2. The van der Waals surface area contributed by atoms with Crippen LogP contribution in [0.5, 0.6) is 0 Å². The predicted octanol–water partition coefficient (Wildman–Crippen LogP) is 4.00. The second kappa shape index (κ2) is 10.3. The highest BCUT2D eigenvalue weighted by Gasteiger charge is 2.52. The summed E-state index contributed by atoms with van der Waals surface area (Å²) < 4.78 is 22.5. The van der Waals surface area contributed by atoms with E-state index >= 15 is 0 Å². The fourth-order valence-corrected chi connectivity index (χ4v) is 3.29. The monoisotopic (exact) mass is 466 g/mol. The molecule has 9 heteroatoms. The van der Waals surface area contributed by atoms with Crippen molar-refractivity contribution in [1.29, 1.82) is 0 Å². The SMILES string of the molecule is COC(=O)c1ccc(N)c(C=C(CNC(=O)OCc2ccccc2)B2OC(C)(C)C(C)(C)O2)c1. The molecule has 0 saturated carbocycles. The molecular formula is C25H31BN2O6. The van der Waals surface area contributed by atoms with Crippen molar-refractivity contribution in [3.63, 3.8) is 0 Å². The van der Waals surface area contributed by atoms with E-state index in [0.29, 0.717) is 22.3 Å². The molecule has 1 heterocycles. The summed E-state index contributed by atoms with van der Waals surface area (Å²) in [7, 11) is 0.579. The first-order chi connectivity index (χ1) is 16.0. The van der Waals surface area contributed by atoms with E-state index in [9.17, 15) is 9.59 Å². The number of carbonyl (C=O) groups excluding carboxylic acids is 2. The molecule has 1 saturated heterocycles. The van der Waals surface area contributed by atoms with Crippen LogP contribution in [0.2, 0.25) is 0 Å². The highest BCUT2D eigenvalue weighted by atomic mass is 16.7. The van der Waals surface area contributed by atoms with Gasteiger partial charge in [0.1, 0.15) is 6.61 Å². The van der Waals surface area contributed by atoms with Gasteiger partial charge < -0.3 is 29.8 Å². The highest BCUT2D eigenvalue weighted by molar-refractivity contribution is 6.56. The maximum Gasteiger partial charge on any atom is 0.492 e. The molecular weight excluding hydrogens is 435 g/mol.